The molecule has 0 spiro atoms. The molecule has 0 saturated carbocycles. The highest BCUT2D eigenvalue weighted by atomic mass is 19.4. The largest absolute Gasteiger partial charge is 0.434 e. The van der Waals surface area contributed by atoms with Gasteiger partial charge in [-0.2, -0.15) is 13.2 Å². The topological polar surface area (TPSA) is 77.0 Å². The molecule has 0 aromatic carbocycles. The van der Waals surface area contributed by atoms with Crippen molar-refractivity contribution in [3.8, 4) is 11.5 Å². The van der Waals surface area contributed by atoms with Crippen LogP contribution in [0.1, 0.15) is 18.2 Å². The highest BCUT2D eigenvalue weighted by molar-refractivity contribution is 5.58. The quantitative estimate of drug-likeness (QED) is 0.526. The zero-order valence-corrected chi connectivity index (χ0v) is 15.0. The summed E-state index contributed by atoms with van der Waals surface area (Å²) in [5.74, 6) is 1.03. The molecular formula is C18H15F3N8. The minimum atomic E-state index is -4.55. The Morgan fingerprint density at radius 2 is 1.97 bits per heavy atom. The molecule has 1 atom stereocenters. The molecule has 5 heterocycles. The van der Waals surface area contributed by atoms with Gasteiger partial charge in [-0.1, -0.05) is 0 Å². The molecule has 0 bridgehead atoms. The maximum atomic E-state index is 13.0. The highest BCUT2D eigenvalue weighted by Crippen LogP contribution is 2.29. The third-order valence-corrected chi connectivity index (χ3v) is 4.99. The Balaban J connectivity index is 1.47. The van der Waals surface area contributed by atoms with Crippen molar-refractivity contribution in [3.05, 3.63) is 55.3 Å². The monoisotopic (exact) mass is 400 g/mol. The van der Waals surface area contributed by atoms with E-state index in [4.69, 9.17) is 0 Å². The van der Waals surface area contributed by atoms with Crippen molar-refractivity contribution in [1.82, 2.24) is 33.9 Å². The first kappa shape index (κ1) is 17.6. The van der Waals surface area contributed by atoms with Crippen LogP contribution < -0.4 is 4.90 Å². The van der Waals surface area contributed by atoms with Crippen LogP contribution in [0, 0.1) is 0 Å². The van der Waals surface area contributed by atoms with Gasteiger partial charge < -0.3 is 9.47 Å². The average molecular weight is 400 g/mol. The molecule has 1 saturated heterocycles. The summed E-state index contributed by atoms with van der Waals surface area (Å²) in [6.07, 6.45) is 6.95. The van der Waals surface area contributed by atoms with Crippen molar-refractivity contribution in [1.29, 1.82) is 0 Å². The van der Waals surface area contributed by atoms with Crippen molar-refractivity contribution in [2.24, 2.45) is 0 Å². The third kappa shape index (κ3) is 3.18. The van der Waals surface area contributed by atoms with E-state index in [2.05, 4.69) is 34.4 Å². The van der Waals surface area contributed by atoms with E-state index in [1.54, 1.807) is 24.8 Å². The molecule has 5 rings (SSSR count). The molecule has 148 valence electrons. The normalized spacial score (nSPS) is 17.3. The van der Waals surface area contributed by atoms with Gasteiger partial charge >= 0.3 is 6.18 Å². The van der Waals surface area contributed by atoms with Gasteiger partial charge in [-0.05, 0) is 12.5 Å². The Kier molecular flexibility index (Phi) is 3.96. The van der Waals surface area contributed by atoms with E-state index in [1.165, 1.54) is 10.6 Å². The number of anilines is 1. The lowest BCUT2D eigenvalue weighted by Crippen LogP contribution is -2.22. The van der Waals surface area contributed by atoms with Gasteiger partial charge in [0.15, 0.2) is 17.2 Å². The van der Waals surface area contributed by atoms with Crippen LogP contribution in [0.15, 0.2) is 49.6 Å². The number of halogens is 3. The van der Waals surface area contributed by atoms with E-state index in [1.807, 2.05) is 6.20 Å². The number of imidazole rings is 2. The van der Waals surface area contributed by atoms with Gasteiger partial charge in [0.05, 0.1) is 24.8 Å². The average Bonchev–Trinajstić information content (AvgIpc) is 3.46. The molecule has 0 aliphatic carbocycles. The van der Waals surface area contributed by atoms with Crippen molar-refractivity contribution in [2.75, 3.05) is 18.0 Å². The molecule has 4 aromatic heterocycles. The van der Waals surface area contributed by atoms with E-state index in [0.29, 0.717) is 23.2 Å². The van der Waals surface area contributed by atoms with Crippen molar-refractivity contribution in [2.45, 2.75) is 18.6 Å². The first-order valence-corrected chi connectivity index (χ1v) is 8.95. The summed E-state index contributed by atoms with van der Waals surface area (Å²) in [7, 11) is 0. The van der Waals surface area contributed by atoms with Gasteiger partial charge in [0, 0.05) is 37.9 Å². The molecule has 4 aromatic rings. The Bertz CT molecular complexity index is 1150. The van der Waals surface area contributed by atoms with E-state index in [9.17, 15) is 13.2 Å². The van der Waals surface area contributed by atoms with Gasteiger partial charge in [-0.3, -0.25) is 4.40 Å². The van der Waals surface area contributed by atoms with E-state index in [-0.39, 0.29) is 0 Å². The summed E-state index contributed by atoms with van der Waals surface area (Å²) in [6, 6.07) is 2.10. The maximum absolute atomic E-state index is 13.0. The fraction of sp³-hybridized carbons (Fsp3) is 0.278. The minimum Gasteiger partial charge on any atom is -0.354 e. The Morgan fingerprint density at radius 3 is 2.76 bits per heavy atom. The van der Waals surface area contributed by atoms with Crippen LogP contribution in [0.4, 0.5) is 19.0 Å². The molecule has 29 heavy (non-hydrogen) atoms. The minimum absolute atomic E-state index is 0.295. The van der Waals surface area contributed by atoms with Gasteiger partial charge in [0.2, 0.25) is 0 Å². The summed E-state index contributed by atoms with van der Waals surface area (Å²) in [4.78, 5) is 22.6. The molecule has 11 heteroatoms. The summed E-state index contributed by atoms with van der Waals surface area (Å²) in [5, 5.41) is 0. The van der Waals surface area contributed by atoms with Crippen molar-refractivity contribution >= 4 is 11.5 Å². The first-order valence-electron chi connectivity index (χ1n) is 8.95. The third-order valence-electron chi connectivity index (χ3n) is 4.99. The van der Waals surface area contributed by atoms with Gasteiger partial charge in [-0.25, -0.2) is 24.9 Å². The molecule has 0 N–H and O–H groups in total. The van der Waals surface area contributed by atoms with Crippen molar-refractivity contribution in [3.63, 3.8) is 0 Å². The zero-order chi connectivity index (χ0) is 20.0. The van der Waals surface area contributed by atoms with Crippen LogP contribution in [-0.4, -0.2) is 47.0 Å². The lowest BCUT2D eigenvalue weighted by molar-refractivity contribution is -0.141. The number of hydrogen-bond acceptors (Lipinski definition) is 6. The SMILES string of the molecule is FC(F)(F)c1cn2c(-c3nccc(N4CCC(n5ccnc5)C4)n3)cnc2cn1. The number of aromatic nitrogens is 7. The van der Waals surface area contributed by atoms with E-state index in [0.717, 1.165) is 37.7 Å². The predicted octanol–water partition coefficient (Wildman–Crippen LogP) is 2.85. The highest BCUT2D eigenvalue weighted by Gasteiger charge is 2.33. The summed E-state index contributed by atoms with van der Waals surface area (Å²) < 4.78 is 42.5. The first-order chi connectivity index (χ1) is 14.0. The molecule has 1 fully saturated rings. The second-order valence-electron chi connectivity index (χ2n) is 6.78. The molecule has 1 aliphatic heterocycles. The van der Waals surface area contributed by atoms with E-state index < -0.39 is 11.9 Å². The van der Waals surface area contributed by atoms with Crippen molar-refractivity contribution < 1.29 is 13.2 Å². The number of nitrogens with zero attached hydrogens (tertiary/aromatic N) is 8. The van der Waals surface area contributed by atoms with Crippen LogP contribution in [-0.2, 0) is 6.18 Å². The summed E-state index contributed by atoms with van der Waals surface area (Å²) in [6.45, 7) is 1.58. The second-order valence-corrected chi connectivity index (χ2v) is 6.78. The Hall–Kier alpha value is -3.50. The van der Waals surface area contributed by atoms with Crippen LogP contribution in [0.5, 0.6) is 0 Å². The summed E-state index contributed by atoms with van der Waals surface area (Å²) >= 11 is 0. The number of hydrogen-bond donors (Lipinski definition) is 0. The van der Waals surface area contributed by atoms with Gasteiger partial charge in [0.25, 0.3) is 0 Å². The van der Waals surface area contributed by atoms with Gasteiger partial charge in [-0.15, -0.1) is 0 Å². The molecule has 1 unspecified atom stereocenters. The van der Waals surface area contributed by atoms with Crippen LogP contribution in [0.25, 0.3) is 17.2 Å². The smallest absolute Gasteiger partial charge is 0.354 e. The maximum Gasteiger partial charge on any atom is 0.434 e. The Morgan fingerprint density at radius 1 is 1.07 bits per heavy atom. The Labute approximate surface area is 162 Å². The lowest BCUT2D eigenvalue weighted by Gasteiger charge is -2.18. The van der Waals surface area contributed by atoms with Gasteiger partial charge in [0.1, 0.15) is 11.5 Å². The lowest BCUT2D eigenvalue weighted by atomic mass is 10.3. The number of rotatable bonds is 3. The molecule has 1 aliphatic rings. The summed E-state index contributed by atoms with van der Waals surface area (Å²) in [5.41, 5.74) is -0.327. The standard InChI is InChI=1S/C18H15F3N8/c19-18(20,21)14-10-29-13(7-25-16(29)8-24-14)17-23-3-1-15(26-17)27-5-2-12(9-27)28-6-4-22-11-28/h1,3-4,6-8,10-12H,2,5,9H2. The fourth-order valence-corrected chi connectivity index (χ4v) is 3.53. The van der Waals surface area contributed by atoms with Crippen LogP contribution in [0.2, 0.25) is 0 Å². The number of alkyl halides is 3. The molecule has 8 nitrogen and oxygen atoms in total. The zero-order valence-electron chi connectivity index (χ0n) is 15.0. The van der Waals surface area contributed by atoms with Crippen LogP contribution in [0.3, 0.4) is 0 Å². The fourth-order valence-electron chi connectivity index (χ4n) is 3.53. The second kappa shape index (κ2) is 6.54. The number of fused-ring (bicyclic) bond motifs is 1. The van der Waals surface area contributed by atoms with Crippen LogP contribution >= 0.6 is 0 Å². The molecular weight excluding hydrogens is 385 g/mol. The molecule has 0 amide bonds. The molecule has 0 radical (unpaired) electrons. The van der Waals surface area contributed by atoms with E-state index >= 15 is 0 Å². The predicted molar refractivity (Wildman–Crippen MR) is 97.1 cm³/mol.